The third-order valence-electron chi connectivity index (χ3n) is 5.05. The molecule has 154 valence electrons. The number of ether oxygens (including phenoxy) is 1. The van der Waals surface area contributed by atoms with Gasteiger partial charge in [-0.3, -0.25) is 14.7 Å². The third-order valence-corrected chi connectivity index (χ3v) is 5.05. The van der Waals surface area contributed by atoms with E-state index in [-0.39, 0.29) is 17.6 Å². The average Bonchev–Trinajstić information content (AvgIpc) is 3.17. The highest BCUT2D eigenvalue weighted by atomic mass is 19.1. The number of H-pyrrole nitrogens is 1. The number of hydrogen-bond donors (Lipinski definition) is 3. The van der Waals surface area contributed by atoms with Gasteiger partial charge < -0.3 is 15.4 Å². The third kappa shape index (κ3) is 3.89. The molecule has 1 fully saturated rings. The second-order valence-corrected chi connectivity index (χ2v) is 7.02. The van der Waals surface area contributed by atoms with Gasteiger partial charge >= 0.3 is 0 Å². The molecule has 0 bridgehead atoms. The summed E-state index contributed by atoms with van der Waals surface area (Å²) in [5.41, 5.74) is 2.42. The van der Waals surface area contributed by atoms with E-state index < -0.39 is 6.04 Å². The quantitative estimate of drug-likeness (QED) is 0.605. The van der Waals surface area contributed by atoms with Gasteiger partial charge in [0.15, 0.2) is 0 Å². The molecule has 2 amide bonds. The van der Waals surface area contributed by atoms with Crippen LogP contribution < -0.4 is 15.4 Å². The van der Waals surface area contributed by atoms with Crippen molar-refractivity contribution in [2.45, 2.75) is 18.9 Å². The molecule has 7 nitrogen and oxygen atoms in total. The lowest BCUT2D eigenvalue weighted by Gasteiger charge is -2.23. The predicted molar refractivity (Wildman–Crippen MR) is 111 cm³/mol. The van der Waals surface area contributed by atoms with Crippen LogP contribution in [0, 0.1) is 5.82 Å². The molecule has 1 unspecified atom stereocenters. The van der Waals surface area contributed by atoms with E-state index in [2.05, 4.69) is 20.8 Å². The predicted octanol–water partition coefficient (Wildman–Crippen LogP) is 2.89. The van der Waals surface area contributed by atoms with Crippen LogP contribution in [0.25, 0.3) is 23.1 Å². The van der Waals surface area contributed by atoms with E-state index in [0.29, 0.717) is 40.9 Å². The zero-order valence-electron chi connectivity index (χ0n) is 16.4. The van der Waals surface area contributed by atoms with Crippen molar-refractivity contribution in [3.8, 4) is 5.75 Å². The van der Waals surface area contributed by atoms with Crippen molar-refractivity contribution < 1.29 is 18.7 Å². The molecule has 8 heteroatoms. The molecule has 0 saturated carbocycles. The van der Waals surface area contributed by atoms with E-state index >= 15 is 0 Å². The fraction of sp³-hybridized carbons (Fsp3) is 0.227. The first-order chi connectivity index (χ1) is 14.6. The number of fused-ring (bicyclic) bond motifs is 1. The van der Waals surface area contributed by atoms with Crippen molar-refractivity contribution >= 4 is 34.9 Å². The maximum atomic E-state index is 13.1. The van der Waals surface area contributed by atoms with Crippen molar-refractivity contribution in [3.05, 3.63) is 59.0 Å². The Labute approximate surface area is 172 Å². The number of rotatable bonds is 5. The average molecular weight is 408 g/mol. The van der Waals surface area contributed by atoms with Gasteiger partial charge in [0.25, 0.3) is 5.91 Å². The number of nitrogens with zero attached hydrogens (tertiary/aromatic N) is 1. The van der Waals surface area contributed by atoms with Crippen LogP contribution in [0.2, 0.25) is 0 Å². The van der Waals surface area contributed by atoms with Crippen LogP contribution in [0.5, 0.6) is 5.75 Å². The van der Waals surface area contributed by atoms with Crippen molar-refractivity contribution in [3.63, 3.8) is 0 Å². The number of nitrogens with one attached hydrogen (secondary N) is 3. The van der Waals surface area contributed by atoms with Crippen LogP contribution in [0.4, 0.5) is 4.39 Å². The number of aromatic amines is 1. The number of aromatic nitrogens is 2. The normalized spacial score (nSPS) is 16.6. The molecular formula is C22H21FN4O3. The lowest BCUT2D eigenvalue weighted by atomic mass is 10.0. The second kappa shape index (κ2) is 8.36. The fourth-order valence-electron chi connectivity index (χ4n) is 3.51. The minimum Gasteiger partial charge on any atom is -0.495 e. The standard InChI is InChI=1S/C22H21FN4O3/c1-30-20-15(21(28)25-18-3-2-12-24-22(18)29)9-11-17-19(20)16(26-27-17)10-6-13-4-7-14(23)8-5-13/h4-11,18H,2-3,12H2,1H3,(H,24,29)(H,25,28)(H,26,27)/b10-6+. The molecule has 2 heterocycles. The highest BCUT2D eigenvalue weighted by Gasteiger charge is 2.26. The summed E-state index contributed by atoms with van der Waals surface area (Å²) in [6.45, 7) is 0.624. The highest BCUT2D eigenvalue weighted by molar-refractivity contribution is 6.06. The highest BCUT2D eigenvalue weighted by Crippen LogP contribution is 2.32. The summed E-state index contributed by atoms with van der Waals surface area (Å²) in [6, 6.07) is 8.91. The SMILES string of the molecule is COc1c(C(=O)NC2CCCNC2=O)ccc2[nH]nc(/C=C/c3ccc(F)cc3)c12. The minimum absolute atomic E-state index is 0.180. The molecule has 1 aliphatic rings. The molecule has 3 N–H and O–H groups in total. The van der Waals surface area contributed by atoms with Gasteiger partial charge in [0.05, 0.1) is 29.3 Å². The van der Waals surface area contributed by atoms with Gasteiger partial charge in [-0.05, 0) is 48.7 Å². The zero-order valence-corrected chi connectivity index (χ0v) is 16.4. The van der Waals surface area contributed by atoms with Crippen LogP contribution in [-0.2, 0) is 4.79 Å². The Morgan fingerprint density at radius 1 is 1.23 bits per heavy atom. The van der Waals surface area contributed by atoms with Crippen molar-refractivity contribution in [1.29, 1.82) is 0 Å². The van der Waals surface area contributed by atoms with Crippen LogP contribution in [0.1, 0.15) is 34.5 Å². The first-order valence-electron chi connectivity index (χ1n) is 9.64. The molecule has 1 aliphatic heterocycles. The number of benzene rings is 2. The van der Waals surface area contributed by atoms with Gasteiger partial charge in [0.2, 0.25) is 5.91 Å². The fourth-order valence-corrected chi connectivity index (χ4v) is 3.51. The lowest BCUT2D eigenvalue weighted by Crippen LogP contribution is -2.50. The summed E-state index contributed by atoms with van der Waals surface area (Å²) in [4.78, 5) is 24.8. The molecule has 30 heavy (non-hydrogen) atoms. The number of halogens is 1. The Hall–Kier alpha value is -3.68. The molecule has 0 radical (unpaired) electrons. The van der Waals surface area contributed by atoms with Gasteiger partial charge in [-0.25, -0.2) is 4.39 Å². The summed E-state index contributed by atoms with van der Waals surface area (Å²) in [5, 5.41) is 13.4. The maximum absolute atomic E-state index is 13.1. The summed E-state index contributed by atoms with van der Waals surface area (Å²) in [5.74, 6) is -0.499. The van der Waals surface area contributed by atoms with E-state index in [1.165, 1.54) is 19.2 Å². The second-order valence-electron chi connectivity index (χ2n) is 7.02. The van der Waals surface area contributed by atoms with Gasteiger partial charge in [-0.1, -0.05) is 18.2 Å². The lowest BCUT2D eigenvalue weighted by molar-refractivity contribution is -0.124. The van der Waals surface area contributed by atoms with E-state index in [4.69, 9.17) is 4.74 Å². The molecular weight excluding hydrogens is 387 g/mol. The molecule has 4 rings (SSSR count). The topological polar surface area (TPSA) is 96.1 Å². The number of piperidine rings is 1. The van der Waals surface area contributed by atoms with Crippen molar-refractivity contribution in [2.75, 3.05) is 13.7 Å². The van der Waals surface area contributed by atoms with E-state index in [0.717, 1.165) is 12.0 Å². The Morgan fingerprint density at radius 3 is 2.77 bits per heavy atom. The number of methoxy groups -OCH3 is 1. The molecule has 0 spiro atoms. The smallest absolute Gasteiger partial charge is 0.255 e. The Balaban J connectivity index is 1.66. The van der Waals surface area contributed by atoms with Gasteiger partial charge in [-0.15, -0.1) is 0 Å². The maximum Gasteiger partial charge on any atom is 0.255 e. The van der Waals surface area contributed by atoms with E-state index in [9.17, 15) is 14.0 Å². The van der Waals surface area contributed by atoms with Gasteiger partial charge in [0, 0.05) is 6.54 Å². The Morgan fingerprint density at radius 2 is 2.03 bits per heavy atom. The number of hydrogen-bond acceptors (Lipinski definition) is 4. The number of carbonyl (C=O) groups excluding carboxylic acids is 2. The molecule has 3 aromatic rings. The summed E-state index contributed by atoms with van der Waals surface area (Å²) in [6.07, 6.45) is 4.98. The molecule has 1 aromatic heterocycles. The summed E-state index contributed by atoms with van der Waals surface area (Å²) >= 11 is 0. The van der Waals surface area contributed by atoms with E-state index in [1.54, 1.807) is 36.4 Å². The monoisotopic (exact) mass is 408 g/mol. The molecule has 1 saturated heterocycles. The summed E-state index contributed by atoms with van der Waals surface area (Å²) < 4.78 is 18.7. The zero-order chi connectivity index (χ0) is 21.1. The van der Waals surface area contributed by atoms with Gasteiger partial charge in [0.1, 0.15) is 17.6 Å². The Kier molecular flexibility index (Phi) is 5.47. The largest absolute Gasteiger partial charge is 0.495 e. The molecule has 1 atom stereocenters. The van der Waals surface area contributed by atoms with Crippen molar-refractivity contribution in [2.24, 2.45) is 0 Å². The van der Waals surface area contributed by atoms with Crippen LogP contribution in [0.3, 0.4) is 0 Å². The van der Waals surface area contributed by atoms with Crippen molar-refractivity contribution in [1.82, 2.24) is 20.8 Å². The number of carbonyl (C=O) groups is 2. The Bertz CT molecular complexity index is 1120. The van der Waals surface area contributed by atoms with Crippen LogP contribution in [0.15, 0.2) is 36.4 Å². The molecule has 0 aliphatic carbocycles. The van der Waals surface area contributed by atoms with Crippen LogP contribution in [-0.4, -0.2) is 41.7 Å². The molecule has 2 aromatic carbocycles. The van der Waals surface area contributed by atoms with Gasteiger partial charge in [-0.2, -0.15) is 5.10 Å². The van der Waals surface area contributed by atoms with E-state index in [1.807, 2.05) is 0 Å². The number of amides is 2. The van der Waals surface area contributed by atoms with Crippen LogP contribution >= 0.6 is 0 Å². The summed E-state index contributed by atoms with van der Waals surface area (Å²) in [7, 11) is 1.49. The minimum atomic E-state index is -0.561. The first kappa shape index (κ1) is 19.6. The first-order valence-corrected chi connectivity index (χ1v) is 9.64.